The molecule has 0 radical (unpaired) electrons. The molecule has 7 nitrogen and oxygen atoms in total. The van der Waals surface area contributed by atoms with Crippen molar-refractivity contribution in [3.63, 3.8) is 0 Å². The molecule has 1 heterocycles. The van der Waals surface area contributed by atoms with Crippen molar-refractivity contribution in [2.75, 3.05) is 6.54 Å². The van der Waals surface area contributed by atoms with Gasteiger partial charge in [-0.25, -0.2) is 4.39 Å². The predicted octanol–water partition coefficient (Wildman–Crippen LogP) is 5.84. The normalized spacial score (nSPS) is 10.9. The molecule has 0 spiro atoms. The van der Waals surface area contributed by atoms with Crippen LogP contribution in [0.25, 0.3) is 0 Å². The Balaban J connectivity index is 1.86. The summed E-state index contributed by atoms with van der Waals surface area (Å²) in [5.74, 6) is -1.18. The molecule has 0 unspecified atom stereocenters. The van der Waals surface area contributed by atoms with Crippen molar-refractivity contribution in [2.45, 2.75) is 39.9 Å². The highest BCUT2D eigenvalue weighted by Crippen LogP contribution is 2.26. The van der Waals surface area contributed by atoms with Gasteiger partial charge in [0.05, 0.1) is 11.5 Å². The van der Waals surface area contributed by atoms with Crippen molar-refractivity contribution in [2.24, 2.45) is 0 Å². The zero-order valence-corrected chi connectivity index (χ0v) is 21.1. The lowest BCUT2D eigenvalue weighted by molar-refractivity contribution is -0.384. The van der Waals surface area contributed by atoms with E-state index < -0.39 is 10.8 Å². The average molecular weight is 518 g/mol. The van der Waals surface area contributed by atoms with Gasteiger partial charge in [-0.15, -0.1) is 11.3 Å². The second kappa shape index (κ2) is 11.4. The molecule has 2 amide bonds. The number of halogens is 2. The van der Waals surface area contributed by atoms with E-state index in [4.69, 9.17) is 11.6 Å². The largest absolute Gasteiger partial charge is 0.332 e. The Morgan fingerprint density at radius 3 is 2.37 bits per heavy atom. The standard InChI is InChI=1S/C25H25ClFN3O4S/c1-16(2)29(25(32)19-6-9-21(26)22(12-19)30(33)34)15-24(31)28(14-23-17(3)10-11-35-23)13-18-4-7-20(27)8-5-18/h4-12,16H,13-15H2,1-3H3. The number of nitro benzene ring substituents is 1. The molecule has 1 aromatic heterocycles. The Morgan fingerprint density at radius 2 is 1.80 bits per heavy atom. The molecule has 0 fully saturated rings. The van der Waals surface area contributed by atoms with Crippen molar-refractivity contribution >= 4 is 40.4 Å². The molecule has 0 bridgehead atoms. The van der Waals surface area contributed by atoms with Crippen LogP contribution < -0.4 is 0 Å². The minimum absolute atomic E-state index is 0.0711. The first-order valence-electron chi connectivity index (χ1n) is 10.9. The molecule has 0 N–H and O–H groups in total. The molecule has 0 saturated heterocycles. The Labute approximate surface area is 211 Å². The zero-order chi connectivity index (χ0) is 25.7. The quantitative estimate of drug-likeness (QED) is 0.264. The van der Waals surface area contributed by atoms with E-state index in [0.29, 0.717) is 6.54 Å². The molecule has 0 aliphatic heterocycles. The summed E-state index contributed by atoms with van der Waals surface area (Å²) in [6.07, 6.45) is 0. The van der Waals surface area contributed by atoms with E-state index in [-0.39, 0.29) is 47.1 Å². The van der Waals surface area contributed by atoms with Gasteiger partial charge in [0, 0.05) is 29.1 Å². The number of nitrogens with zero attached hydrogens (tertiary/aromatic N) is 3. The summed E-state index contributed by atoms with van der Waals surface area (Å²) in [4.78, 5) is 41.3. The summed E-state index contributed by atoms with van der Waals surface area (Å²) in [6, 6.07) is 11.4. The van der Waals surface area contributed by atoms with E-state index in [1.54, 1.807) is 30.9 Å². The van der Waals surface area contributed by atoms with Crippen LogP contribution in [0.4, 0.5) is 10.1 Å². The molecule has 0 saturated carbocycles. The molecule has 0 atom stereocenters. The molecule has 0 aliphatic carbocycles. The Bertz CT molecular complexity index is 1230. The second-order valence-corrected chi connectivity index (χ2v) is 9.76. The average Bonchev–Trinajstić information content (AvgIpc) is 3.22. The van der Waals surface area contributed by atoms with E-state index >= 15 is 0 Å². The summed E-state index contributed by atoms with van der Waals surface area (Å²) >= 11 is 7.41. The number of amides is 2. The SMILES string of the molecule is Cc1ccsc1CN(Cc1ccc(F)cc1)C(=O)CN(C(=O)c1ccc(Cl)c([N+](=O)[O-])c1)C(C)C. The number of benzene rings is 2. The van der Waals surface area contributed by atoms with Crippen molar-refractivity contribution < 1.29 is 18.9 Å². The summed E-state index contributed by atoms with van der Waals surface area (Å²) < 4.78 is 13.4. The van der Waals surface area contributed by atoms with E-state index in [1.807, 2.05) is 18.4 Å². The first kappa shape index (κ1) is 26.3. The third-order valence-electron chi connectivity index (χ3n) is 5.52. The zero-order valence-electron chi connectivity index (χ0n) is 19.5. The summed E-state index contributed by atoms with van der Waals surface area (Å²) in [5.41, 5.74) is 1.50. The first-order chi connectivity index (χ1) is 16.6. The number of carbonyl (C=O) groups is 2. The fourth-order valence-corrected chi connectivity index (χ4v) is 4.58. The Hall–Kier alpha value is -3.30. The van der Waals surface area contributed by atoms with Gasteiger partial charge in [-0.2, -0.15) is 0 Å². The van der Waals surface area contributed by atoms with Gasteiger partial charge in [-0.1, -0.05) is 23.7 Å². The van der Waals surface area contributed by atoms with Crippen LogP contribution in [0.15, 0.2) is 53.9 Å². The second-order valence-electron chi connectivity index (χ2n) is 8.35. The van der Waals surface area contributed by atoms with Crippen LogP contribution in [0.5, 0.6) is 0 Å². The first-order valence-corrected chi connectivity index (χ1v) is 12.1. The number of carbonyl (C=O) groups excluding carboxylic acids is 2. The molecule has 0 aliphatic rings. The highest BCUT2D eigenvalue weighted by atomic mass is 35.5. The van der Waals surface area contributed by atoms with E-state index in [0.717, 1.165) is 22.1 Å². The van der Waals surface area contributed by atoms with E-state index in [9.17, 15) is 24.1 Å². The fourth-order valence-electron chi connectivity index (χ4n) is 3.47. The van der Waals surface area contributed by atoms with Crippen LogP contribution in [0.3, 0.4) is 0 Å². The summed E-state index contributed by atoms with van der Waals surface area (Å²) in [5, 5.41) is 13.1. The van der Waals surface area contributed by atoms with Gasteiger partial charge in [0.25, 0.3) is 11.6 Å². The molecule has 10 heteroatoms. The van der Waals surface area contributed by atoms with Gasteiger partial charge in [0.1, 0.15) is 17.4 Å². The van der Waals surface area contributed by atoms with Crippen LogP contribution in [-0.2, 0) is 17.9 Å². The number of hydrogen-bond donors (Lipinski definition) is 0. The Morgan fingerprint density at radius 1 is 1.11 bits per heavy atom. The molecular formula is C25H25ClFN3O4S. The van der Waals surface area contributed by atoms with Gasteiger partial charge in [-0.05, 0) is 67.6 Å². The number of aryl methyl sites for hydroxylation is 1. The maximum absolute atomic E-state index is 13.5. The third kappa shape index (κ3) is 6.64. The molecule has 35 heavy (non-hydrogen) atoms. The number of nitro groups is 1. The minimum atomic E-state index is -0.655. The van der Waals surface area contributed by atoms with Gasteiger partial charge in [0.15, 0.2) is 0 Å². The van der Waals surface area contributed by atoms with Gasteiger partial charge in [0.2, 0.25) is 5.91 Å². The molecule has 184 valence electrons. The van der Waals surface area contributed by atoms with Crippen molar-refractivity contribution in [1.29, 1.82) is 0 Å². The molecule has 3 aromatic rings. The van der Waals surface area contributed by atoms with Crippen LogP contribution in [0.1, 0.15) is 40.2 Å². The van der Waals surface area contributed by atoms with Crippen molar-refractivity contribution in [3.8, 4) is 0 Å². The monoisotopic (exact) mass is 517 g/mol. The minimum Gasteiger partial charge on any atom is -0.332 e. The fraction of sp³-hybridized carbons (Fsp3) is 0.280. The van der Waals surface area contributed by atoms with E-state index in [2.05, 4.69) is 0 Å². The smallest absolute Gasteiger partial charge is 0.288 e. The predicted molar refractivity (Wildman–Crippen MR) is 134 cm³/mol. The van der Waals surface area contributed by atoms with Gasteiger partial charge in [-0.3, -0.25) is 19.7 Å². The van der Waals surface area contributed by atoms with E-state index in [1.165, 1.54) is 40.5 Å². The number of thiophene rings is 1. The van der Waals surface area contributed by atoms with Crippen LogP contribution in [0.2, 0.25) is 5.02 Å². The Kier molecular flexibility index (Phi) is 8.58. The van der Waals surface area contributed by atoms with Gasteiger partial charge < -0.3 is 9.80 Å². The van der Waals surface area contributed by atoms with Crippen molar-refractivity contribution in [1.82, 2.24) is 9.80 Å². The van der Waals surface area contributed by atoms with Crippen LogP contribution in [0, 0.1) is 22.9 Å². The number of hydrogen-bond acceptors (Lipinski definition) is 5. The molecule has 3 rings (SSSR count). The van der Waals surface area contributed by atoms with Crippen LogP contribution >= 0.6 is 22.9 Å². The highest BCUT2D eigenvalue weighted by Gasteiger charge is 2.27. The maximum atomic E-state index is 13.5. The van der Waals surface area contributed by atoms with Crippen molar-refractivity contribution in [3.05, 3.63) is 96.4 Å². The lowest BCUT2D eigenvalue weighted by Crippen LogP contribution is -2.45. The third-order valence-corrected chi connectivity index (χ3v) is 6.85. The lowest BCUT2D eigenvalue weighted by atomic mass is 10.1. The lowest BCUT2D eigenvalue weighted by Gasteiger charge is -2.30. The molecular weight excluding hydrogens is 493 g/mol. The number of rotatable bonds is 9. The topological polar surface area (TPSA) is 83.8 Å². The highest BCUT2D eigenvalue weighted by molar-refractivity contribution is 7.10. The van der Waals surface area contributed by atoms with Crippen LogP contribution in [-0.4, -0.2) is 39.1 Å². The summed E-state index contributed by atoms with van der Waals surface area (Å²) in [7, 11) is 0. The van der Waals surface area contributed by atoms with Gasteiger partial charge >= 0.3 is 0 Å². The summed E-state index contributed by atoms with van der Waals surface area (Å²) in [6.45, 7) is 5.85. The maximum Gasteiger partial charge on any atom is 0.288 e. The molecule has 2 aromatic carbocycles.